The molecule has 1 aromatic rings. The maximum Gasteiger partial charge on any atom is 0.0178 e. The molecular weight excluding hydrogens is 260 g/mol. The smallest absolute Gasteiger partial charge is 0.0178 e. The van der Waals surface area contributed by atoms with Crippen molar-refractivity contribution in [2.75, 3.05) is 0 Å². The van der Waals surface area contributed by atoms with E-state index in [0.29, 0.717) is 0 Å². The molecule has 1 aliphatic carbocycles. The van der Waals surface area contributed by atoms with Crippen LogP contribution in [0.2, 0.25) is 0 Å². The molecule has 0 aliphatic heterocycles. The summed E-state index contributed by atoms with van der Waals surface area (Å²) in [7, 11) is 0. The molecule has 1 aliphatic rings. The van der Waals surface area contributed by atoms with Crippen molar-refractivity contribution >= 4 is 21.5 Å². The van der Waals surface area contributed by atoms with Gasteiger partial charge in [-0.05, 0) is 42.7 Å². The van der Waals surface area contributed by atoms with Gasteiger partial charge in [0.05, 0.1) is 0 Å². The lowest BCUT2D eigenvalue weighted by atomic mass is 9.82. The molecule has 0 aromatic heterocycles. The largest absolute Gasteiger partial charge is 0.0870 e. The predicted octanol–water partition coefficient (Wildman–Crippen LogP) is 5.09. The molecule has 2 rings (SSSR count). The van der Waals surface area contributed by atoms with Crippen LogP contribution in [0.4, 0.5) is 0 Å². The van der Waals surface area contributed by atoms with Gasteiger partial charge < -0.3 is 0 Å². The summed E-state index contributed by atoms with van der Waals surface area (Å²) in [6, 6.07) is 6.58. The van der Waals surface area contributed by atoms with Gasteiger partial charge in [0.25, 0.3) is 0 Å². The summed E-state index contributed by atoms with van der Waals surface area (Å²) in [6.07, 6.45) is 4.34. The van der Waals surface area contributed by atoms with E-state index in [9.17, 15) is 0 Å². The summed E-state index contributed by atoms with van der Waals surface area (Å²) in [5.41, 5.74) is 5.79. The minimum absolute atomic E-state index is 0.147. The Bertz CT molecular complexity index is 490. The van der Waals surface area contributed by atoms with Crippen LogP contribution in [0, 0.1) is 0 Å². The van der Waals surface area contributed by atoms with Gasteiger partial charge >= 0.3 is 0 Å². The molecule has 0 N–H and O–H groups in total. The lowest BCUT2D eigenvalue weighted by molar-refractivity contribution is 0.639. The van der Waals surface area contributed by atoms with E-state index in [1.54, 1.807) is 0 Å². The van der Waals surface area contributed by atoms with Crippen molar-refractivity contribution in [1.82, 2.24) is 0 Å². The molecule has 1 heteroatoms. The van der Waals surface area contributed by atoms with Crippen LogP contribution in [0.15, 0.2) is 40.4 Å². The summed E-state index contributed by atoms with van der Waals surface area (Å²) in [4.78, 5) is 0. The number of allylic oxidation sites excluding steroid dienone is 4. The average Bonchev–Trinajstić information content (AvgIpc) is 2.41. The van der Waals surface area contributed by atoms with E-state index in [0.717, 1.165) is 4.47 Å². The highest BCUT2D eigenvalue weighted by Crippen LogP contribution is 2.47. The standard InChI is InChI=1S/C15H17Br/c1-5-6-12-10(2)15(3,4)14-9-11(16)7-8-13(12)14/h5-9H,1-4H3/b6-5-. The zero-order chi connectivity index (χ0) is 11.9. The molecule has 0 saturated heterocycles. The molecular formula is C15H17Br. The molecule has 0 atom stereocenters. The Hall–Kier alpha value is -0.820. The van der Waals surface area contributed by atoms with E-state index >= 15 is 0 Å². The van der Waals surface area contributed by atoms with Crippen molar-refractivity contribution in [2.24, 2.45) is 0 Å². The topological polar surface area (TPSA) is 0 Å². The summed E-state index contributed by atoms with van der Waals surface area (Å²) < 4.78 is 1.16. The molecule has 84 valence electrons. The van der Waals surface area contributed by atoms with Crippen molar-refractivity contribution in [2.45, 2.75) is 33.1 Å². The second-order valence-electron chi connectivity index (χ2n) is 4.85. The van der Waals surface area contributed by atoms with E-state index in [2.05, 4.69) is 74.0 Å². The minimum atomic E-state index is 0.147. The maximum atomic E-state index is 3.56. The fourth-order valence-corrected chi connectivity index (χ4v) is 2.75. The number of hydrogen-bond donors (Lipinski definition) is 0. The summed E-state index contributed by atoms with van der Waals surface area (Å²) in [6.45, 7) is 8.90. The van der Waals surface area contributed by atoms with Gasteiger partial charge in [-0.2, -0.15) is 0 Å². The van der Waals surface area contributed by atoms with E-state index in [4.69, 9.17) is 0 Å². The quantitative estimate of drug-likeness (QED) is 0.670. The second kappa shape index (κ2) is 3.89. The van der Waals surface area contributed by atoms with Crippen LogP contribution in [0.25, 0.3) is 5.57 Å². The highest BCUT2D eigenvalue weighted by Gasteiger charge is 2.34. The molecule has 1 aromatic carbocycles. The van der Waals surface area contributed by atoms with Gasteiger partial charge in [-0.3, -0.25) is 0 Å². The van der Waals surface area contributed by atoms with Gasteiger partial charge in [-0.1, -0.05) is 53.6 Å². The normalized spacial score (nSPS) is 18.3. The van der Waals surface area contributed by atoms with E-state index < -0.39 is 0 Å². The third-order valence-corrected chi connectivity index (χ3v) is 4.11. The van der Waals surface area contributed by atoms with Gasteiger partial charge in [0.15, 0.2) is 0 Å². The zero-order valence-electron chi connectivity index (χ0n) is 10.3. The lowest BCUT2D eigenvalue weighted by Gasteiger charge is -2.22. The predicted molar refractivity (Wildman–Crippen MR) is 74.6 cm³/mol. The van der Waals surface area contributed by atoms with Gasteiger partial charge in [0.1, 0.15) is 0 Å². The molecule has 0 nitrogen and oxygen atoms in total. The molecule has 0 fully saturated rings. The highest BCUT2D eigenvalue weighted by atomic mass is 79.9. The second-order valence-corrected chi connectivity index (χ2v) is 5.77. The van der Waals surface area contributed by atoms with E-state index in [1.807, 2.05) is 0 Å². The van der Waals surface area contributed by atoms with Crippen LogP contribution in [-0.4, -0.2) is 0 Å². The third kappa shape index (κ3) is 1.58. The Morgan fingerprint density at radius 3 is 2.56 bits per heavy atom. The summed E-state index contributed by atoms with van der Waals surface area (Å²) in [5, 5.41) is 0. The fourth-order valence-electron chi connectivity index (χ4n) is 2.39. The number of benzene rings is 1. The average molecular weight is 277 g/mol. The van der Waals surface area contributed by atoms with Gasteiger partial charge in [0, 0.05) is 9.89 Å². The van der Waals surface area contributed by atoms with Crippen LogP contribution in [0.3, 0.4) is 0 Å². The van der Waals surface area contributed by atoms with E-state index in [-0.39, 0.29) is 5.41 Å². The molecule has 0 radical (unpaired) electrons. The molecule has 0 bridgehead atoms. The third-order valence-electron chi connectivity index (χ3n) is 3.62. The number of rotatable bonds is 1. The SMILES string of the molecule is C/C=C\C1=C(C)C(C)(C)c2cc(Br)ccc21. The van der Waals surface area contributed by atoms with Crippen LogP contribution in [-0.2, 0) is 5.41 Å². The van der Waals surface area contributed by atoms with Gasteiger partial charge in [0.2, 0.25) is 0 Å². The van der Waals surface area contributed by atoms with Gasteiger partial charge in [-0.15, -0.1) is 0 Å². The Labute approximate surface area is 106 Å². The number of halogens is 1. The lowest BCUT2D eigenvalue weighted by Crippen LogP contribution is -2.15. The monoisotopic (exact) mass is 276 g/mol. The van der Waals surface area contributed by atoms with Crippen molar-refractivity contribution in [1.29, 1.82) is 0 Å². The Kier molecular flexibility index (Phi) is 2.83. The summed E-state index contributed by atoms with van der Waals surface area (Å²) in [5.74, 6) is 0. The summed E-state index contributed by atoms with van der Waals surface area (Å²) >= 11 is 3.56. The van der Waals surface area contributed by atoms with Crippen LogP contribution in [0.1, 0.15) is 38.8 Å². The van der Waals surface area contributed by atoms with E-state index in [1.165, 1.54) is 22.3 Å². The first kappa shape index (κ1) is 11.7. The molecule has 0 unspecified atom stereocenters. The highest BCUT2D eigenvalue weighted by molar-refractivity contribution is 9.10. The Morgan fingerprint density at radius 1 is 1.25 bits per heavy atom. The first-order valence-corrected chi connectivity index (χ1v) is 6.42. The van der Waals surface area contributed by atoms with Crippen LogP contribution < -0.4 is 0 Å². The van der Waals surface area contributed by atoms with Crippen LogP contribution in [0.5, 0.6) is 0 Å². The molecule has 0 spiro atoms. The molecule has 0 heterocycles. The zero-order valence-corrected chi connectivity index (χ0v) is 11.9. The number of fused-ring (bicyclic) bond motifs is 1. The van der Waals surface area contributed by atoms with Crippen molar-refractivity contribution in [3.8, 4) is 0 Å². The molecule has 0 amide bonds. The number of hydrogen-bond acceptors (Lipinski definition) is 0. The van der Waals surface area contributed by atoms with Crippen molar-refractivity contribution in [3.63, 3.8) is 0 Å². The van der Waals surface area contributed by atoms with Crippen molar-refractivity contribution < 1.29 is 0 Å². The fraction of sp³-hybridized carbons (Fsp3) is 0.333. The first-order chi connectivity index (χ1) is 7.48. The minimum Gasteiger partial charge on any atom is -0.0870 e. The first-order valence-electron chi connectivity index (χ1n) is 5.63. The Morgan fingerprint density at radius 2 is 1.94 bits per heavy atom. The van der Waals surface area contributed by atoms with Crippen molar-refractivity contribution in [3.05, 3.63) is 51.5 Å². The molecule has 0 saturated carbocycles. The maximum absolute atomic E-state index is 3.56. The van der Waals surface area contributed by atoms with Gasteiger partial charge in [-0.25, -0.2) is 0 Å². The molecule has 16 heavy (non-hydrogen) atoms. The van der Waals surface area contributed by atoms with Crippen LogP contribution >= 0.6 is 15.9 Å². The Balaban J connectivity index is 2.71.